The van der Waals surface area contributed by atoms with Gasteiger partial charge >= 0.3 is 0 Å². The quantitative estimate of drug-likeness (QED) is 0.824. The van der Waals surface area contributed by atoms with Gasteiger partial charge < -0.3 is 5.32 Å². The maximum absolute atomic E-state index is 13.0. The fourth-order valence-corrected chi connectivity index (χ4v) is 4.70. The Labute approximate surface area is 159 Å². The van der Waals surface area contributed by atoms with Gasteiger partial charge in [-0.25, -0.2) is 12.8 Å². The number of piperidine rings is 1. The predicted molar refractivity (Wildman–Crippen MR) is 101 cm³/mol. The Morgan fingerprint density at radius 1 is 1.04 bits per heavy atom. The van der Waals surface area contributed by atoms with Crippen LogP contribution in [0.1, 0.15) is 18.4 Å². The van der Waals surface area contributed by atoms with Crippen molar-refractivity contribution in [2.24, 2.45) is 5.92 Å². The zero-order chi connectivity index (χ0) is 19.3. The van der Waals surface area contributed by atoms with E-state index in [1.54, 1.807) is 0 Å². The normalized spacial score (nSPS) is 16.2. The van der Waals surface area contributed by atoms with Crippen molar-refractivity contribution in [3.8, 4) is 0 Å². The first-order chi connectivity index (χ1) is 13.0. The van der Waals surface area contributed by atoms with E-state index in [1.165, 1.54) is 16.4 Å². The number of benzene rings is 2. The van der Waals surface area contributed by atoms with Crippen LogP contribution in [0.3, 0.4) is 0 Å². The third-order valence-corrected chi connectivity index (χ3v) is 6.74. The Bertz CT molecular complexity index is 862. The summed E-state index contributed by atoms with van der Waals surface area (Å²) in [6.07, 6.45) is 1.74. The second-order valence-electron chi connectivity index (χ2n) is 6.66. The van der Waals surface area contributed by atoms with E-state index in [1.807, 2.05) is 30.3 Å². The Hall–Kier alpha value is -2.25. The average Bonchev–Trinajstić information content (AvgIpc) is 2.69. The van der Waals surface area contributed by atoms with E-state index in [0.717, 1.165) is 24.1 Å². The molecule has 1 saturated heterocycles. The van der Waals surface area contributed by atoms with Crippen molar-refractivity contribution in [3.05, 3.63) is 66.0 Å². The molecule has 1 fully saturated rings. The zero-order valence-electron chi connectivity index (χ0n) is 15.0. The second kappa shape index (κ2) is 8.63. The molecule has 0 atom stereocenters. The highest BCUT2D eigenvalue weighted by molar-refractivity contribution is 7.89. The number of nitrogens with zero attached hydrogens (tertiary/aromatic N) is 1. The molecule has 0 unspecified atom stereocenters. The van der Waals surface area contributed by atoms with Crippen molar-refractivity contribution >= 4 is 15.9 Å². The summed E-state index contributed by atoms with van der Waals surface area (Å²) in [7, 11) is -3.65. The molecule has 1 amide bonds. The van der Waals surface area contributed by atoms with Crippen LogP contribution in [0.2, 0.25) is 0 Å². The molecule has 2 aromatic carbocycles. The van der Waals surface area contributed by atoms with Gasteiger partial charge in [0.25, 0.3) is 0 Å². The zero-order valence-corrected chi connectivity index (χ0v) is 15.8. The SMILES string of the molecule is O=C(NCCc1ccccc1)C1CCN(S(=O)(=O)c2ccc(F)cc2)CC1. The van der Waals surface area contributed by atoms with Crippen LogP contribution in [0.5, 0.6) is 0 Å². The van der Waals surface area contributed by atoms with Gasteiger partial charge in [-0.1, -0.05) is 30.3 Å². The molecule has 0 bridgehead atoms. The van der Waals surface area contributed by atoms with Crippen LogP contribution in [-0.4, -0.2) is 38.3 Å². The van der Waals surface area contributed by atoms with Crippen LogP contribution in [0.4, 0.5) is 4.39 Å². The lowest BCUT2D eigenvalue weighted by Gasteiger charge is -2.30. The first-order valence-electron chi connectivity index (χ1n) is 9.04. The van der Waals surface area contributed by atoms with Crippen molar-refractivity contribution < 1.29 is 17.6 Å². The van der Waals surface area contributed by atoms with Gasteiger partial charge in [-0.2, -0.15) is 4.31 Å². The van der Waals surface area contributed by atoms with Crippen LogP contribution in [-0.2, 0) is 21.2 Å². The summed E-state index contributed by atoms with van der Waals surface area (Å²) in [5.41, 5.74) is 1.16. The molecular weight excluding hydrogens is 367 g/mol. The Morgan fingerprint density at radius 2 is 1.67 bits per heavy atom. The van der Waals surface area contributed by atoms with Gasteiger partial charge in [-0.3, -0.25) is 4.79 Å². The van der Waals surface area contributed by atoms with Crippen molar-refractivity contribution in [3.63, 3.8) is 0 Å². The maximum atomic E-state index is 13.0. The molecule has 7 heteroatoms. The molecule has 0 aromatic heterocycles. The summed E-state index contributed by atoms with van der Waals surface area (Å²) in [4.78, 5) is 12.4. The minimum absolute atomic E-state index is 0.0234. The summed E-state index contributed by atoms with van der Waals surface area (Å²) >= 11 is 0. The number of hydrogen-bond donors (Lipinski definition) is 1. The fourth-order valence-electron chi connectivity index (χ4n) is 3.23. The van der Waals surface area contributed by atoms with Crippen LogP contribution in [0.25, 0.3) is 0 Å². The summed E-state index contributed by atoms with van der Waals surface area (Å²) in [6.45, 7) is 1.14. The lowest BCUT2D eigenvalue weighted by molar-refractivity contribution is -0.126. The van der Waals surface area contributed by atoms with Crippen LogP contribution in [0, 0.1) is 11.7 Å². The topological polar surface area (TPSA) is 66.5 Å². The summed E-state index contributed by atoms with van der Waals surface area (Å²) in [5.74, 6) is -0.676. The molecule has 144 valence electrons. The number of carbonyl (C=O) groups is 1. The monoisotopic (exact) mass is 390 g/mol. The van der Waals surface area contributed by atoms with E-state index < -0.39 is 15.8 Å². The summed E-state index contributed by atoms with van der Waals surface area (Å²) in [5, 5.41) is 2.94. The minimum Gasteiger partial charge on any atom is -0.356 e. The number of hydrogen-bond acceptors (Lipinski definition) is 3. The van der Waals surface area contributed by atoms with Gasteiger partial charge in [0.05, 0.1) is 4.90 Å². The number of rotatable bonds is 6. The smallest absolute Gasteiger partial charge is 0.243 e. The molecule has 1 N–H and O–H groups in total. The molecule has 3 rings (SSSR count). The molecule has 27 heavy (non-hydrogen) atoms. The maximum Gasteiger partial charge on any atom is 0.243 e. The van der Waals surface area contributed by atoms with E-state index in [2.05, 4.69) is 5.32 Å². The number of sulfonamides is 1. The molecule has 0 aliphatic carbocycles. The van der Waals surface area contributed by atoms with Gasteiger partial charge in [0.2, 0.25) is 15.9 Å². The van der Waals surface area contributed by atoms with Gasteiger partial charge in [0, 0.05) is 25.6 Å². The highest BCUT2D eigenvalue weighted by Gasteiger charge is 2.31. The van der Waals surface area contributed by atoms with Gasteiger partial charge in [-0.05, 0) is 49.1 Å². The molecule has 5 nitrogen and oxygen atoms in total. The van der Waals surface area contributed by atoms with Gasteiger partial charge in [0.15, 0.2) is 0 Å². The van der Waals surface area contributed by atoms with Crippen LogP contribution < -0.4 is 5.32 Å². The Kier molecular flexibility index (Phi) is 6.23. The van der Waals surface area contributed by atoms with Crippen LogP contribution >= 0.6 is 0 Å². The van der Waals surface area contributed by atoms with E-state index in [9.17, 15) is 17.6 Å². The second-order valence-corrected chi connectivity index (χ2v) is 8.60. The molecule has 0 saturated carbocycles. The van der Waals surface area contributed by atoms with Crippen molar-refractivity contribution in [1.29, 1.82) is 0 Å². The molecule has 2 aromatic rings. The third kappa shape index (κ3) is 4.93. The number of amides is 1. The van der Waals surface area contributed by atoms with Crippen molar-refractivity contribution in [2.45, 2.75) is 24.2 Å². The van der Waals surface area contributed by atoms with Crippen molar-refractivity contribution in [1.82, 2.24) is 9.62 Å². The third-order valence-electron chi connectivity index (χ3n) is 4.83. The van der Waals surface area contributed by atoms with Crippen molar-refractivity contribution in [2.75, 3.05) is 19.6 Å². The lowest BCUT2D eigenvalue weighted by Crippen LogP contribution is -2.43. The highest BCUT2D eigenvalue weighted by atomic mass is 32.2. The summed E-state index contributed by atoms with van der Waals surface area (Å²) in [6, 6.07) is 14.7. The Morgan fingerprint density at radius 3 is 2.30 bits per heavy atom. The highest BCUT2D eigenvalue weighted by Crippen LogP contribution is 2.24. The minimum atomic E-state index is -3.65. The number of carbonyl (C=O) groups excluding carboxylic acids is 1. The molecule has 0 radical (unpaired) electrons. The molecule has 1 heterocycles. The van der Waals surface area contributed by atoms with E-state index in [0.29, 0.717) is 19.4 Å². The van der Waals surface area contributed by atoms with Gasteiger partial charge in [0.1, 0.15) is 5.82 Å². The van der Waals surface area contributed by atoms with E-state index in [-0.39, 0.29) is 29.8 Å². The number of nitrogens with one attached hydrogen (secondary N) is 1. The van der Waals surface area contributed by atoms with Gasteiger partial charge in [-0.15, -0.1) is 0 Å². The fraction of sp³-hybridized carbons (Fsp3) is 0.350. The number of halogens is 1. The van der Waals surface area contributed by atoms with E-state index in [4.69, 9.17) is 0 Å². The molecule has 1 aliphatic rings. The van der Waals surface area contributed by atoms with Crippen LogP contribution in [0.15, 0.2) is 59.5 Å². The largest absolute Gasteiger partial charge is 0.356 e. The first-order valence-corrected chi connectivity index (χ1v) is 10.5. The molecule has 1 aliphatic heterocycles. The predicted octanol–water partition coefficient (Wildman–Crippen LogP) is 2.59. The standard InChI is InChI=1S/C20H23FN2O3S/c21-18-6-8-19(9-7-18)27(25,26)23-14-11-17(12-15-23)20(24)22-13-10-16-4-2-1-3-5-16/h1-9,17H,10-15H2,(H,22,24). The summed E-state index contributed by atoms with van der Waals surface area (Å²) < 4.78 is 39.6. The average molecular weight is 390 g/mol. The lowest BCUT2D eigenvalue weighted by atomic mass is 9.97. The molecular formula is C20H23FN2O3S. The van der Waals surface area contributed by atoms with E-state index >= 15 is 0 Å². The first kappa shape index (κ1) is 19.5. The molecule has 0 spiro atoms. The Balaban J connectivity index is 1.49.